The quantitative estimate of drug-likeness (QED) is 0.721. The number of nitrogens with one attached hydrogen (secondary N) is 1. The van der Waals surface area contributed by atoms with E-state index in [1.165, 1.54) is 25.7 Å². The summed E-state index contributed by atoms with van der Waals surface area (Å²) in [4.78, 5) is 2.59. The number of rotatable bonds is 5. The van der Waals surface area contributed by atoms with Gasteiger partial charge in [0.1, 0.15) is 0 Å². The standard InChI is InChI=1S/C13H26N2O/c1-10(2)16-7-6-14-11-8-12-4-5-13(9-11)15(12)3/h10-14H,4-9H2,1-3H3. The van der Waals surface area contributed by atoms with Crippen molar-refractivity contribution in [1.29, 1.82) is 0 Å². The smallest absolute Gasteiger partial charge is 0.0594 e. The minimum atomic E-state index is 0.357. The van der Waals surface area contributed by atoms with Gasteiger partial charge in [-0.2, -0.15) is 0 Å². The monoisotopic (exact) mass is 226 g/mol. The third-order valence-corrected chi connectivity index (χ3v) is 4.08. The molecule has 2 bridgehead atoms. The molecule has 2 aliphatic heterocycles. The zero-order chi connectivity index (χ0) is 11.5. The average molecular weight is 226 g/mol. The van der Waals surface area contributed by atoms with E-state index in [1.54, 1.807) is 0 Å². The Kier molecular flexibility index (Phi) is 4.22. The van der Waals surface area contributed by atoms with E-state index in [2.05, 4.69) is 31.1 Å². The molecule has 2 aliphatic rings. The second-order valence-electron chi connectivity index (χ2n) is 5.59. The van der Waals surface area contributed by atoms with Crippen LogP contribution in [-0.4, -0.2) is 49.3 Å². The van der Waals surface area contributed by atoms with Crippen LogP contribution in [-0.2, 0) is 4.74 Å². The lowest BCUT2D eigenvalue weighted by Gasteiger charge is -2.36. The molecule has 0 aromatic rings. The van der Waals surface area contributed by atoms with E-state index in [4.69, 9.17) is 4.74 Å². The summed E-state index contributed by atoms with van der Waals surface area (Å²) in [6.45, 7) is 6.04. The van der Waals surface area contributed by atoms with Gasteiger partial charge in [-0.05, 0) is 46.6 Å². The fourth-order valence-corrected chi connectivity index (χ4v) is 3.14. The van der Waals surface area contributed by atoms with Gasteiger partial charge in [-0.15, -0.1) is 0 Å². The van der Waals surface area contributed by atoms with Crippen molar-refractivity contribution in [1.82, 2.24) is 10.2 Å². The number of hydrogen-bond donors (Lipinski definition) is 1. The summed E-state index contributed by atoms with van der Waals surface area (Å²) in [5, 5.41) is 3.65. The van der Waals surface area contributed by atoms with E-state index in [0.29, 0.717) is 6.10 Å². The normalized spacial score (nSPS) is 34.9. The van der Waals surface area contributed by atoms with Crippen LogP contribution in [0.1, 0.15) is 39.5 Å². The summed E-state index contributed by atoms with van der Waals surface area (Å²) >= 11 is 0. The third kappa shape index (κ3) is 2.96. The van der Waals surface area contributed by atoms with Gasteiger partial charge >= 0.3 is 0 Å². The molecule has 0 aromatic carbocycles. The zero-order valence-electron chi connectivity index (χ0n) is 10.9. The van der Waals surface area contributed by atoms with Gasteiger partial charge < -0.3 is 15.0 Å². The average Bonchev–Trinajstić information content (AvgIpc) is 2.50. The summed E-state index contributed by atoms with van der Waals surface area (Å²) in [5.41, 5.74) is 0. The molecule has 3 heteroatoms. The Morgan fingerprint density at radius 2 is 1.88 bits per heavy atom. The Balaban J connectivity index is 1.65. The fraction of sp³-hybridized carbons (Fsp3) is 1.00. The van der Waals surface area contributed by atoms with E-state index < -0.39 is 0 Å². The molecule has 2 heterocycles. The van der Waals surface area contributed by atoms with Gasteiger partial charge in [0.25, 0.3) is 0 Å². The van der Waals surface area contributed by atoms with E-state index in [-0.39, 0.29) is 0 Å². The Bertz CT molecular complexity index is 206. The molecule has 2 fully saturated rings. The predicted octanol–water partition coefficient (Wildman–Crippen LogP) is 1.63. The molecule has 0 aromatic heterocycles. The molecule has 0 amide bonds. The van der Waals surface area contributed by atoms with E-state index in [9.17, 15) is 0 Å². The first-order chi connectivity index (χ1) is 7.66. The maximum atomic E-state index is 5.55. The number of piperidine rings is 1. The second-order valence-corrected chi connectivity index (χ2v) is 5.59. The minimum absolute atomic E-state index is 0.357. The third-order valence-electron chi connectivity index (χ3n) is 4.08. The highest BCUT2D eigenvalue weighted by Crippen LogP contribution is 2.33. The number of fused-ring (bicyclic) bond motifs is 2. The summed E-state index contributed by atoms with van der Waals surface area (Å²) < 4.78 is 5.55. The topological polar surface area (TPSA) is 24.5 Å². The van der Waals surface area contributed by atoms with Crippen LogP contribution < -0.4 is 5.32 Å². The van der Waals surface area contributed by atoms with Crippen LogP contribution in [0.2, 0.25) is 0 Å². The molecule has 16 heavy (non-hydrogen) atoms. The lowest BCUT2D eigenvalue weighted by Crippen LogP contribution is -2.47. The van der Waals surface area contributed by atoms with Crippen LogP contribution in [0.3, 0.4) is 0 Å². The van der Waals surface area contributed by atoms with Crippen molar-refractivity contribution in [3.8, 4) is 0 Å². The highest BCUT2D eigenvalue weighted by atomic mass is 16.5. The number of ether oxygens (including phenoxy) is 1. The first-order valence-electron chi connectivity index (χ1n) is 6.73. The molecule has 3 nitrogen and oxygen atoms in total. The lowest BCUT2D eigenvalue weighted by atomic mass is 9.98. The lowest BCUT2D eigenvalue weighted by molar-refractivity contribution is 0.0747. The molecule has 2 unspecified atom stereocenters. The Morgan fingerprint density at radius 1 is 1.25 bits per heavy atom. The number of hydrogen-bond acceptors (Lipinski definition) is 3. The molecular formula is C13H26N2O. The first kappa shape index (κ1) is 12.3. The van der Waals surface area contributed by atoms with Crippen LogP contribution in [0.15, 0.2) is 0 Å². The summed E-state index contributed by atoms with van der Waals surface area (Å²) in [6, 6.07) is 2.40. The van der Waals surface area contributed by atoms with Crippen LogP contribution in [0.4, 0.5) is 0 Å². The van der Waals surface area contributed by atoms with Gasteiger partial charge in [0.2, 0.25) is 0 Å². The summed E-state index contributed by atoms with van der Waals surface area (Å²) in [5.74, 6) is 0. The Hall–Kier alpha value is -0.120. The van der Waals surface area contributed by atoms with Crippen molar-refractivity contribution in [3.05, 3.63) is 0 Å². The van der Waals surface area contributed by atoms with Gasteiger partial charge in [-0.25, -0.2) is 0 Å². The Morgan fingerprint density at radius 3 is 2.44 bits per heavy atom. The Labute approximate surface area is 99.5 Å². The van der Waals surface area contributed by atoms with Crippen LogP contribution >= 0.6 is 0 Å². The van der Waals surface area contributed by atoms with Gasteiger partial charge in [0.05, 0.1) is 12.7 Å². The van der Waals surface area contributed by atoms with Crippen molar-refractivity contribution >= 4 is 0 Å². The molecule has 2 rings (SSSR count). The number of nitrogens with zero attached hydrogens (tertiary/aromatic N) is 1. The molecule has 2 atom stereocenters. The van der Waals surface area contributed by atoms with Gasteiger partial charge in [-0.3, -0.25) is 0 Å². The van der Waals surface area contributed by atoms with Gasteiger partial charge in [0.15, 0.2) is 0 Å². The second kappa shape index (κ2) is 5.48. The molecule has 0 aliphatic carbocycles. The van der Waals surface area contributed by atoms with E-state index in [1.807, 2.05) is 0 Å². The highest BCUT2D eigenvalue weighted by molar-refractivity contribution is 4.95. The molecule has 94 valence electrons. The minimum Gasteiger partial charge on any atom is -0.377 e. The van der Waals surface area contributed by atoms with Crippen LogP contribution in [0, 0.1) is 0 Å². The molecular weight excluding hydrogens is 200 g/mol. The van der Waals surface area contributed by atoms with Crippen molar-refractivity contribution in [2.24, 2.45) is 0 Å². The van der Waals surface area contributed by atoms with Crippen molar-refractivity contribution in [2.45, 2.75) is 63.8 Å². The van der Waals surface area contributed by atoms with Crippen molar-refractivity contribution in [2.75, 3.05) is 20.2 Å². The molecule has 0 radical (unpaired) electrons. The molecule has 0 saturated carbocycles. The maximum absolute atomic E-state index is 5.55. The predicted molar refractivity (Wildman–Crippen MR) is 66.7 cm³/mol. The van der Waals surface area contributed by atoms with Crippen molar-refractivity contribution < 1.29 is 4.74 Å². The molecule has 2 saturated heterocycles. The zero-order valence-corrected chi connectivity index (χ0v) is 10.9. The first-order valence-corrected chi connectivity index (χ1v) is 6.73. The summed E-state index contributed by atoms with van der Waals surface area (Å²) in [6.07, 6.45) is 5.82. The fourth-order valence-electron chi connectivity index (χ4n) is 3.14. The SMILES string of the molecule is CC(C)OCCNC1CC2CCC(C1)N2C. The largest absolute Gasteiger partial charge is 0.377 e. The van der Waals surface area contributed by atoms with Crippen molar-refractivity contribution in [3.63, 3.8) is 0 Å². The highest BCUT2D eigenvalue weighted by Gasteiger charge is 2.37. The van der Waals surface area contributed by atoms with Gasteiger partial charge in [0, 0.05) is 24.7 Å². The molecule has 0 spiro atoms. The van der Waals surface area contributed by atoms with E-state index in [0.717, 1.165) is 31.3 Å². The van der Waals surface area contributed by atoms with Crippen LogP contribution in [0.25, 0.3) is 0 Å². The van der Waals surface area contributed by atoms with Crippen LogP contribution in [0.5, 0.6) is 0 Å². The van der Waals surface area contributed by atoms with E-state index >= 15 is 0 Å². The molecule has 1 N–H and O–H groups in total. The summed E-state index contributed by atoms with van der Waals surface area (Å²) in [7, 11) is 2.29. The maximum Gasteiger partial charge on any atom is 0.0594 e. The van der Waals surface area contributed by atoms with Gasteiger partial charge in [-0.1, -0.05) is 0 Å².